The molecule has 0 aliphatic carbocycles. The lowest BCUT2D eigenvalue weighted by Gasteiger charge is -2.13. The molecule has 1 aromatic carbocycles. The van der Waals surface area contributed by atoms with Crippen LogP contribution in [0.1, 0.15) is 32.3 Å². The van der Waals surface area contributed by atoms with Gasteiger partial charge in [-0.25, -0.2) is 4.98 Å². The first kappa shape index (κ1) is 17.7. The van der Waals surface area contributed by atoms with E-state index in [0.29, 0.717) is 6.54 Å². The third-order valence-corrected chi connectivity index (χ3v) is 3.53. The summed E-state index contributed by atoms with van der Waals surface area (Å²) in [4.78, 5) is 27.7. The highest BCUT2D eigenvalue weighted by Crippen LogP contribution is 2.11. The Morgan fingerprint density at radius 3 is 2.75 bits per heavy atom. The Kier molecular flexibility index (Phi) is 6.48. The van der Waals surface area contributed by atoms with E-state index in [0.717, 1.165) is 17.7 Å². The molecule has 0 radical (unpaired) electrons. The quantitative estimate of drug-likeness (QED) is 0.772. The van der Waals surface area contributed by atoms with Crippen LogP contribution in [0.15, 0.2) is 36.9 Å². The third-order valence-electron chi connectivity index (χ3n) is 3.53. The fourth-order valence-corrected chi connectivity index (χ4v) is 2.32. The van der Waals surface area contributed by atoms with Crippen molar-refractivity contribution in [2.75, 3.05) is 5.32 Å². The van der Waals surface area contributed by atoms with Crippen LogP contribution in [0.3, 0.4) is 0 Å². The number of nitrogens with one attached hydrogen (secondary N) is 2. The molecular weight excluding hydrogens is 306 g/mol. The van der Waals surface area contributed by atoms with Gasteiger partial charge in [0.15, 0.2) is 0 Å². The molecule has 0 aliphatic rings. The molecule has 1 heterocycles. The van der Waals surface area contributed by atoms with Gasteiger partial charge in [-0.1, -0.05) is 19.1 Å². The summed E-state index contributed by atoms with van der Waals surface area (Å²) in [6.07, 6.45) is 4.27. The maximum atomic E-state index is 11.9. The van der Waals surface area contributed by atoms with Crippen LogP contribution in [-0.2, 0) is 22.6 Å². The number of benzene rings is 1. The van der Waals surface area contributed by atoms with Crippen molar-refractivity contribution in [3.05, 3.63) is 42.5 Å². The van der Waals surface area contributed by atoms with Crippen LogP contribution in [0.5, 0.6) is 0 Å². The number of nitrogens with zero attached hydrogens (tertiary/aromatic N) is 3. The Labute approximate surface area is 141 Å². The fraction of sp³-hybridized carbons (Fsp3) is 0.412. The predicted molar refractivity (Wildman–Crippen MR) is 91.3 cm³/mol. The van der Waals surface area contributed by atoms with E-state index in [4.69, 9.17) is 0 Å². The minimum atomic E-state index is -0.165. The van der Waals surface area contributed by atoms with Crippen molar-refractivity contribution < 1.29 is 9.59 Å². The minimum Gasteiger partial charge on any atom is -0.352 e. The van der Waals surface area contributed by atoms with Crippen molar-refractivity contribution in [3.63, 3.8) is 0 Å². The summed E-state index contributed by atoms with van der Waals surface area (Å²) < 4.78 is 1.65. The number of carbonyl (C=O) groups excluding carboxylic acids is 2. The van der Waals surface area contributed by atoms with E-state index in [9.17, 15) is 9.59 Å². The largest absolute Gasteiger partial charge is 0.352 e. The number of amides is 2. The minimum absolute atomic E-state index is 0.0801. The molecule has 2 rings (SSSR count). The maximum absolute atomic E-state index is 11.9. The van der Waals surface area contributed by atoms with E-state index in [1.54, 1.807) is 11.0 Å². The Hall–Kier alpha value is -2.70. The first-order valence-corrected chi connectivity index (χ1v) is 8.07. The van der Waals surface area contributed by atoms with Crippen molar-refractivity contribution in [2.24, 2.45) is 0 Å². The second-order valence-electron chi connectivity index (χ2n) is 5.69. The number of aromatic nitrogens is 3. The van der Waals surface area contributed by atoms with Crippen molar-refractivity contribution in [1.29, 1.82) is 0 Å². The molecule has 2 amide bonds. The summed E-state index contributed by atoms with van der Waals surface area (Å²) in [7, 11) is 0. The molecule has 2 aromatic rings. The van der Waals surface area contributed by atoms with Gasteiger partial charge < -0.3 is 10.6 Å². The molecule has 0 saturated carbocycles. The van der Waals surface area contributed by atoms with E-state index in [1.165, 1.54) is 6.33 Å². The van der Waals surface area contributed by atoms with Gasteiger partial charge >= 0.3 is 0 Å². The van der Waals surface area contributed by atoms with Crippen LogP contribution in [0, 0.1) is 0 Å². The number of aryl methyl sites for hydroxylation is 1. The molecule has 24 heavy (non-hydrogen) atoms. The maximum Gasteiger partial charge on any atom is 0.224 e. The van der Waals surface area contributed by atoms with Gasteiger partial charge in [0.1, 0.15) is 12.7 Å². The monoisotopic (exact) mass is 329 g/mol. The zero-order valence-corrected chi connectivity index (χ0v) is 14.0. The van der Waals surface area contributed by atoms with Crippen LogP contribution in [0.4, 0.5) is 5.69 Å². The van der Waals surface area contributed by atoms with Crippen LogP contribution in [0.25, 0.3) is 0 Å². The highest BCUT2D eigenvalue weighted by atomic mass is 16.2. The second-order valence-corrected chi connectivity index (χ2v) is 5.69. The molecule has 1 unspecified atom stereocenters. The Bertz CT molecular complexity index is 669. The zero-order valence-electron chi connectivity index (χ0n) is 14.0. The fourth-order valence-electron chi connectivity index (χ4n) is 2.32. The van der Waals surface area contributed by atoms with Crippen molar-refractivity contribution in [1.82, 2.24) is 20.1 Å². The van der Waals surface area contributed by atoms with Gasteiger partial charge in [0.05, 0.1) is 6.54 Å². The second kappa shape index (κ2) is 8.81. The molecule has 2 N–H and O–H groups in total. The molecule has 1 atom stereocenters. The molecule has 0 bridgehead atoms. The number of hydrogen-bond donors (Lipinski definition) is 2. The number of carbonyl (C=O) groups is 2. The topological polar surface area (TPSA) is 88.9 Å². The van der Waals surface area contributed by atoms with Gasteiger partial charge in [-0.05, 0) is 31.0 Å². The first-order chi connectivity index (χ1) is 11.6. The predicted octanol–water partition coefficient (Wildman–Crippen LogP) is 1.76. The molecule has 0 aliphatic heterocycles. The average Bonchev–Trinajstić information content (AvgIpc) is 3.06. The van der Waals surface area contributed by atoms with E-state index < -0.39 is 0 Å². The van der Waals surface area contributed by atoms with Crippen LogP contribution in [0.2, 0.25) is 0 Å². The summed E-state index contributed by atoms with van der Waals surface area (Å²) in [5.41, 5.74) is 1.92. The van der Waals surface area contributed by atoms with E-state index in [-0.39, 0.29) is 30.7 Å². The van der Waals surface area contributed by atoms with Crippen LogP contribution >= 0.6 is 0 Å². The van der Waals surface area contributed by atoms with E-state index >= 15 is 0 Å². The molecule has 128 valence electrons. The smallest absolute Gasteiger partial charge is 0.224 e. The Balaban J connectivity index is 1.71. The number of anilines is 1. The molecular formula is C17H23N5O2. The van der Waals surface area contributed by atoms with E-state index in [1.807, 2.05) is 31.2 Å². The summed E-state index contributed by atoms with van der Waals surface area (Å²) in [6, 6.07) is 7.63. The lowest BCUT2D eigenvalue weighted by atomic mass is 10.1. The molecule has 7 nitrogen and oxygen atoms in total. The Morgan fingerprint density at radius 2 is 2.04 bits per heavy atom. The summed E-state index contributed by atoms with van der Waals surface area (Å²) in [5, 5.41) is 9.66. The third kappa shape index (κ3) is 5.83. The van der Waals surface area contributed by atoms with Gasteiger partial charge in [-0.15, -0.1) is 0 Å². The van der Waals surface area contributed by atoms with Gasteiger partial charge in [-0.3, -0.25) is 14.3 Å². The van der Waals surface area contributed by atoms with Gasteiger partial charge in [0.2, 0.25) is 11.8 Å². The van der Waals surface area contributed by atoms with Crippen molar-refractivity contribution in [2.45, 2.75) is 45.7 Å². The highest BCUT2D eigenvalue weighted by Gasteiger charge is 2.11. The lowest BCUT2D eigenvalue weighted by molar-refractivity contribution is -0.124. The van der Waals surface area contributed by atoms with Gasteiger partial charge in [0, 0.05) is 24.6 Å². The first-order valence-electron chi connectivity index (χ1n) is 8.07. The van der Waals surface area contributed by atoms with Gasteiger partial charge in [-0.2, -0.15) is 5.10 Å². The van der Waals surface area contributed by atoms with Crippen LogP contribution < -0.4 is 10.6 Å². The molecule has 0 saturated heterocycles. The average molecular weight is 329 g/mol. The number of rotatable bonds is 8. The molecule has 0 fully saturated rings. The van der Waals surface area contributed by atoms with Gasteiger partial charge in [0.25, 0.3) is 0 Å². The van der Waals surface area contributed by atoms with Crippen LogP contribution in [-0.4, -0.2) is 32.6 Å². The Morgan fingerprint density at radius 1 is 1.25 bits per heavy atom. The summed E-state index contributed by atoms with van der Waals surface area (Å²) >= 11 is 0. The molecule has 7 heteroatoms. The zero-order chi connectivity index (χ0) is 17.4. The molecule has 0 spiro atoms. The number of hydrogen-bond acceptors (Lipinski definition) is 4. The standard InChI is InChI=1S/C17H23N5O2/c1-3-14-5-4-6-15(9-14)21-17(24)8-7-16(23)20-13(2)10-22-12-18-11-19-22/h4-6,9,11-13H,3,7-8,10H2,1-2H3,(H,20,23)(H,21,24). The SMILES string of the molecule is CCc1cccc(NC(=O)CCC(=O)NC(C)Cn2cncn2)c1. The summed E-state index contributed by atoms with van der Waals surface area (Å²) in [6.45, 7) is 4.49. The van der Waals surface area contributed by atoms with Crippen molar-refractivity contribution in [3.8, 4) is 0 Å². The van der Waals surface area contributed by atoms with Crippen molar-refractivity contribution >= 4 is 17.5 Å². The highest BCUT2D eigenvalue weighted by molar-refractivity contribution is 5.93. The lowest BCUT2D eigenvalue weighted by Crippen LogP contribution is -2.36. The van der Waals surface area contributed by atoms with E-state index in [2.05, 4.69) is 27.6 Å². The normalized spacial score (nSPS) is 11.8. The summed E-state index contributed by atoms with van der Waals surface area (Å²) in [5.74, 6) is -0.317. The molecule has 1 aromatic heterocycles.